The number of benzene rings is 1. The van der Waals surface area contributed by atoms with Gasteiger partial charge in [-0.15, -0.1) is 0 Å². The maximum Gasteiger partial charge on any atom is 0.319 e. The highest BCUT2D eigenvalue weighted by molar-refractivity contribution is 6.48. The molecule has 5 nitrogen and oxygen atoms in total. The zero-order chi connectivity index (χ0) is 20.2. The van der Waals surface area contributed by atoms with Gasteiger partial charge in [0, 0.05) is 31.2 Å². The van der Waals surface area contributed by atoms with Crippen LogP contribution in [0.25, 0.3) is 0 Å². The van der Waals surface area contributed by atoms with E-state index in [0.29, 0.717) is 34.5 Å². The van der Waals surface area contributed by atoms with Crippen molar-refractivity contribution in [2.75, 3.05) is 23.7 Å². The van der Waals surface area contributed by atoms with E-state index in [0.717, 1.165) is 0 Å². The third-order valence-corrected chi connectivity index (χ3v) is 5.34. The largest absolute Gasteiger partial charge is 0.382 e. The number of anilines is 2. The van der Waals surface area contributed by atoms with Crippen molar-refractivity contribution in [2.24, 2.45) is 5.41 Å². The van der Waals surface area contributed by atoms with Crippen molar-refractivity contribution >= 4 is 75.4 Å². The molecule has 27 heavy (non-hydrogen) atoms. The zero-order valence-electron chi connectivity index (χ0n) is 14.5. The SMILES string of the molecule is CC(C)(CNC(=O)Nc1cc(Cl)c(Cl)c(Cl)c1)CNc1c(Cl)cncc1Cl. The Hall–Kier alpha value is -1.11. The molecule has 0 aliphatic carbocycles. The number of nitrogens with zero attached hydrogens (tertiary/aromatic N) is 1. The molecule has 10 heteroatoms. The first-order chi connectivity index (χ1) is 12.6. The van der Waals surface area contributed by atoms with Gasteiger partial charge in [0.15, 0.2) is 0 Å². The second-order valence-corrected chi connectivity index (χ2v) is 8.56. The highest BCUT2D eigenvalue weighted by atomic mass is 35.5. The molecule has 146 valence electrons. The van der Waals surface area contributed by atoms with E-state index < -0.39 is 6.03 Å². The Morgan fingerprint density at radius 2 is 1.52 bits per heavy atom. The number of nitrogens with one attached hydrogen (secondary N) is 3. The predicted octanol–water partition coefficient (Wildman–Crippen LogP) is 6.61. The molecule has 1 aromatic heterocycles. The molecule has 0 saturated heterocycles. The molecule has 0 saturated carbocycles. The van der Waals surface area contributed by atoms with Gasteiger partial charge in [-0.1, -0.05) is 71.9 Å². The van der Waals surface area contributed by atoms with E-state index in [2.05, 4.69) is 20.9 Å². The summed E-state index contributed by atoms with van der Waals surface area (Å²) in [6, 6.07) is 2.66. The van der Waals surface area contributed by atoms with Gasteiger partial charge in [-0.2, -0.15) is 0 Å². The van der Waals surface area contributed by atoms with Gasteiger partial charge in [0.25, 0.3) is 0 Å². The van der Waals surface area contributed by atoms with E-state index >= 15 is 0 Å². The molecule has 0 bridgehead atoms. The van der Waals surface area contributed by atoms with Crippen LogP contribution in [0.15, 0.2) is 24.5 Å². The van der Waals surface area contributed by atoms with E-state index in [9.17, 15) is 4.79 Å². The Morgan fingerprint density at radius 1 is 0.963 bits per heavy atom. The smallest absolute Gasteiger partial charge is 0.319 e. The molecule has 0 fully saturated rings. The standard InChI is InChI=1S/C17H17Cl5N4O/c1-17(2,7-24-15-12(20)5-23-6-13(15)21)8-25-16(27)26-9-3-10(18)14(22)11(19)4-9/h3-6H,7-8H2,1-2H3,(H,23,24)(H2,25,26,27). The monoisotopic (exact) mass is 468 g/mol. The summed E-state index contributed by atoms with van der Waals surface area (Å²) in [7, 11) is 0. The second-order valence-electron chi connectivity index (χ2n) is 6.56. The Kier molecular flexibility index (Phi) is 7.72. The van der Waals surface area contributed by atoms with Gasteiger partial charge in [0.1, 0.15) is 0 Å². The minimum Gasteiger partial charge on any atom is -0.382 e. The predicted molar refractivity (Wildman–Crippen MR) is 115 cm³/mol. The average Bonchev–Trinajstić information content (AvgIpc) is 2.57. The van der Waals surface area contributed by atoms with Crippen molar-refractivity contribution < 1.29 is 4.79 Å². The van der Waals surface area contributed by atoms with Crippen LogP contribution in [0.1, 0.15) is 13.8 Å². The molecule has 0 aliphatic heterocycles. The highest BCUT2D eigenvalue weighted by Crippen LogP contribution is 2.33. The molecule has 2 rings (SSSR count). The molecule has 2 aromatic rings. The zero-order valence-corrected chi connectivity index (χ0v) is 18.2. The molecule has 0 spiro atoms. The number of pyridine rings is 1. The van der Waals surface area contributed by atoms with E-state index in [1.165, 1.54) is 24.5 Å². The number of carbonyl (C=O) groups is 1. The first-order valence-corrected chi connectivity index (χ1v) is 9.70. The Balaban J connectivity index is 1.89. The lowest BCUT2D eigenvalue weighted by atomic mass is 9.93. The van der Waals surface area contributed by atoms with Crippen LogP contribution in [-0.2, 0) is 0 Å². The van der Waals surface area contributed by atoms with Crippen molar-refractivity contribution in [3.8, 4) is 0 Å². The lowest BCUT2D eigenvalue weighted by Crippen LogP contribution is -2.40. The third-order valence-electron chi connectivity index (χ3n) is 3.57. The quantitative estimate of drug-likeness (QED) is 0.416. The van der Waals surface area contributed by atoms with Crippen molar-refractivity contribution in [1.82, 2.24) is 10.3 Å². The number of carbonyl (C=O) groups excluding carboxylic acids is 1. The van der Waals surface area contributed by atoms with E-state index in [1.54, 1.807) is 0 Å². The normalized spacial score (nSPS) is 11.2. The van der Waals surface area contributed by atoms with Crippen LogP contribution in [0.2, 0.25) is 25.1 Å². The summed E-state index contributed by atoms with van der Waals surface area (Å²) in [4.78, 5) is 16.0. The summed E-state index contributed by atoms with van der Waals surface area (Å²) in [5.74, 6) is 0. The van der Waals surface area contributed by atoms with Gasteiger partial charge in [-0.25, -0.2) is 4.79 Å². The molecule has 3 N–H and O–H groups in total. The number of amides is 2. The highest BCUT2D eigenvalue weighted by Gasteiger charge is 2.20. The first kappa shape index (κ1) is 22.2. The van der Waals surface area contributed by atoms with E-state index in [4.69, 9.17) is 58.0 Å². The number of halogens is 5. The molecule has 2 amide bonds. The summed E-state index contributed by atoms with van der Waals surface area (Å²) in [5.41, 5.74) is 0.761. The summed E-state index contributed by atoms with van der Waals surface area (Å²) in [5, 5.41) is 10.3. The first-order valence-electron chi connectivity index (χ1n) is 7.81. The fourth-order valence-electron chi connectivity index (χ4n) is 2.09. The molecule has 0 radical (unpaired) electrons. The Morgan fingerprint density at radius 3 is 2.07 bits per heavy atom. The fourth-order valence-corrected chi connectivity index (χ4v) is 3.19. The fraction of sp³-hybridized carbons (Fsp3) is 0.294. The van der Waals surface area contributed by atoms with Crippen LogP contribution < -0.4 is 16.0 Å². The van der Waals surface area contributed by atoms with Crippen LogP contribution in [0.5, 0.6) is 0 Å². The van der Waals surface area contributed by atoms with Gasteiger partial charge >= 0.3 is 6.03 Å². The van der Waals surface area contributed by atoms with Crippen molar-refractivity contribution in [2.45, 2.75) is 13.8 Å². The van der Waals surface area contributed by atoms with Crippen molar-refractivity contribution in [3.63, 3.8) is 0 Å². The lowest BCUT2D eigenvalue weighted by molar-refractivity contribution is 0.246. The molecule has 0 aliphatic rings. The summed E-state index contributed by atoms with van der Waals surface area (Å²) in [6.07, 6.45) is 3.02. The van der Waals surface area contributed by atoms with Crippen molar-refractivity contribution in [1.29, 1.82) is 0 Å². The van der Waals surface area contributed by atoms with Gasteiger partial charge < -0.3 is 16.0 Å². The third kappa shape index (κ3) is 6.47. The van der Waals surface area contributed by atoms with E-state index in [-0.39, 0.29) is 20.5 Å². The molecule has 1 aromatic carbocycles. The molecule has 0 unspecified atom stereocenters. The molecular formula is C17H17Cl5N4O. The summed E-state index contributed by atoms with van der Waals surface area (Å²) in [6.45, 7) is 4.88. The number of aromatic nitrogens is 1. The van der Waals surface area contributed by atoms with Gasteiger partial charge in [0.2, 0.25) is 0 Å². The van der Waals surface area contributed by atoms with E-state index in [1.807, 2.05) is 13.8 Å². The summed E-state index contributed by atoms with van der Waals surface area (Å²) >= 11 is 30.0. The summed E-state index contributed by atoms with van der Waals surface area (Å²) < 4.78 is 0. The Bertz CT molecular complexity index is 801. The number of urea groups is 1. The maximum absolute atomic E-state index is 12.1. The minimum atomic E-state index is -0.391. The average molecular weight is 471 g/mol. The topological polar surface area (TPSA) is 66.1 Å². The van der Waals surface area contributed by atoms with Crippen LogP contribution in [0, 0.1) is 5.41 Å². The van der Waals surface area contributed by atoms with Crippen LogP contribution in [-0.4, -0.2) is 24.1 Å². The van der Waals surface area contributed by atoms with Crippen molar-refractivity contribution in [3.05, 3.63) is 49.6 Å². The maximum atomic E-state index is 12.1. The molecule has 1 heterocycles. The number of hydrogen-bond donors (Lipinski definition) is 3. The number of rotatable bonds is 6. The van der Waals surface area contributed by atoms with Crippen LogP contribution in [0.4, 0.5) is 16.2 Å². The second kappa shape index (κ2) is 9.39. The molecule has 0 atom stereocenters. The van der Waals surface area contributed by atoms with Gasteiger partial charge in [-0.3, -0.25) is 4.98 Å². The number of hydrogen-bond acceptors (Lipinski definition) is 3. The van der Waals surface area contributed by atoms with Gasteiger partial charge in [0.05, 0.1) is 30.8 Å². The molecular weight excluding hydrogens is 453 g/mol. The Labute approximate surface area is 182 Å². The minimum absolute atomic E-state index is 0.241. The van der Waals surface area contributed by atoms with Crippen LogP contribution in [0.3, 0.4) is 0 Å². The lowest BCUT2D eigenvalue weighted by Gasteiger charge is -2.26. The van der Waals surface area contributed by atoms with Crippen LogP contribution >= 0.6 is 58.0 Å². The van der Waals surface area contributed by atoms with Gasteiger partial charge in [-0.05, 0) is 17.5 Å².